The predicted molar refractivity (Wildman–Crippen MR) is 103 cm³/mol. The minimum atomic E-state index is -0.195. The van der Waals surface area contributed by atoms with Crippen LogP contribution >= 0.6 is 0 Å². The van der Waals surface area contributed by atoms with Crippen LogP contribution in [0, 0.1) is 0 Å². The number of aromatic nitrogens is 2. The smallest absolute Gasteiger partial charge is 0.314 e. The lowest BCUT2D eigenvalue weighted by Crippen LogP contribution is -2.47. The Kier molecular flexibility index (Phi) is 4.24. The number of benzene rings is 1. The van der Waals surface area contributed by atoms with Crippen molar-refractivity contribution in [1.82, 2.24) is 20.6 Å². The van der Waals surface area contributed by atoms with Crippen molar-refractivity contribution in [2.45, 2.75) is 18.9 Å². The molecule has 0 aliphatic carbocycles. The number of methoxy groups -OCH3 is 1. The van der Waals surface area contributed by atoms with Crippen molar-refractivity contribution in [2.75, 3.05) is 26.8 Å². The number of hydrogen-bond acceptors (Lipinski definition) is 7. The molecule has 9 heteroatoms. The van der Waals surface area contributed by atoms with Crippen LogP contribution < -0.4 is 15.4 Å². The van der Waals surface area contributed by atoms with E-state index in [1.165, 1.54) is 0 Å². The lowest BCUT2D eigenvalue weighted by Gasteiger charge is -2.20. The largest absolute Gasteiger partial charge is 0.507 e. The third-order valence-electron chi connectivity index (χ3n) is 5.25. The molecule has 150 valence electrons. The highest BCUT2D eigenvalue weighted by Crippen LogP contribution is 2.43. The van der Waals surface area contributed by atoms with E-state index in [9.17, 15) is 9.90 Å². The SMILES string of the molecule is COCc1cc2c(c(O)c1-c1ccc3oc(C4CNC(=O)NC4)nc3n1)CCO2. The van der Waals surface area contributed by atoms with Crippen LogP contribution in [0.1, 0.15) is 22.9 Å². The quantitative estimate of drug-likeness (QED) is 0.618. The number of hydrogen-bond donors (Lipinski definition) is 3. The van der Waals surface area contributed by atoms with Crippen molar-refractivity contribution >= 4 is 17.3 Å². The molecule has 0 saturated carbocycles. The molecule has 0 bridgehead atoms. The molecule has 0 radical (unpaired) electrons. The van der Waals surface area contributed by atoms with Crippen LogP contribution in [0.3, 0.4) is 0 Å². The molecule has 2 amide bonds. The van der Waals surface area contributed by atoms with E-state index in [1.807, 2.05) is 6.07 Å². The Morgan fingerprint density at radius 3 is 2.90 bits per heavy atom. The first kappa shape index (κ1) is 17.7. The maximum Gasteiger partial charge on any atom is 0.314 e. The van der Waals surface area contributed by atoms with Crippen molar-refractivity contribution in [3.63, 3.8) is 0 Å². The van der Waals surface area contributed by atoms with Gasteiger partial charge in [-0.25, -0.2) is 9.78 Å². The maximum absolute atomic E-state index is 11.3. The zero-order valence-electron chi connectivity index (χ0n) is 15.8. The van der Waals surface area contributed by atoms with Crippen LogP contribution in [0.5, 0.6) is 11.5 Å². The third-order valence-corrected chi connectivity index (χ3v) is 5.25. The Hall–Kier alpha value is -3.33. The van der Waals surface area contributed by atoms with Gasteiger partial charge in [0, 0.05) is 37.7 Å². The van der Waals surface area contributed by atoms with Crippen molar-refractivity contribution in [3.05, 3.63) is 35.2 Å². The molecular weight excluding hydrogens is 376 g/mol. The second-order valence-corrected chi connectivity index (χ2v) is 7.13. The summed E-state index contributed by atoms with van der Waals surface area (Å²) in [5, 5.41) is 16.4. The van der Waals surface area contributed by atoms with Crippen LogP contribution in [-0.2, 0) is 17.8 Å². The number of rotatable bonds is 4. The predicted octanol–water partition coefficient (Wildman–Crippen LogP) is 2.07. The number of ether oxygens (including phenoxy) is 2. The Bertz CT molecular complexity index is 1100. The average Bonchev–Trinajstić information content (AvgIpc) is 3.35. The highest BCUT2D eigenvalue weighted by molar-refractivity contribution is 5.80. The molecule has 1 fully saturated rings. The first-order valence-electron chi connectivity index (χ1n) is 9.43. The monoisotopic (exact) mass is 396 g/mol. The molecule has 4 heterocycles. The zero-order valence-corrected chi connectivity index (χ0v) is 15.8. The van der Waals surface area contributed by atoms with Crippen molar-refractivity contribution < 1.29 is 23.8 Å². The normalized spacial score (nSPS) is 16.4. The van der Waals surface area contributed by atoms with Crippen LogP contribution in [0.4, 0.5) is 4.79 Å². The average molecular weight is 396 g/mol. The number of urea groups is 1. The molecule has 29 heavy (non-hydrogen) atoms. The maximum atomic E-state index is 11.3. The molecule has 0 unspecified atom stereocenters. The topological polar surface area (TPSA) is 119 Å². The van der Waals surface area contributed by atoms with E-state index >= 15 is 0 Å². The Labute approximate surface area is 166 Å². The third kappa shape index (κ3) is 3.03. The fraction of sp³-hybridized carbons (Fsp3) is 0.350. The molecule has 3 N–H and O–H groups in total. The van der Waals surface area contributed by atoms with Gasteiger partial charge in [0.25, 0.3) is 0 Å². The van der Waals surface area contributed by atoms with E-state index in [4.69, 9.17) is 13.9 Å². The summed E-state index contributed by atoms with van der Waals surface area (Å²) in [5.41, 5.74) is 3.79. The van der Waals surface area contributed by atoms with Crippen LogP contribution in [-0.4, -0.2) is 47.9 Å². The van der Waals surface area contributed by atoms with Gasteiger partial charge in [0.1, 0.15) is 11.5 Å². The standard InChI is InChI=1S/C20H20N4O5/c1-27-9-10-6-15-12(4-5-28-15)17(25)16(10)13-2-3-14-18(23-13)24-19(29-14)11-7-21-20(26)22-8-11/h2-3,6,11,25H,4-5,7-9H2,1H3,(H2,21,22,26). The van der Waals surface area contributed by atoms with Gasteiger partial charge in [0.05, 0.1) is 24.8 Å². The van der Waals surface area contributed by atoms with E-state index in [-0.39, 0.29) is 17.7 Å². The highest BCUT2D eigenvalue weighted by Gasteiger charge is 2.26. The van der Waals surface area contributed by atoms with Gasteiger partial charge in [-0.15, -0.1) is 0 Å². The molecule has 5 rings (SSSR count). The summed E-state index contributed by atoms with van der Waals surface area (Å²) in [6, 6.07) is 5.30. The molecule has 2 aromatic heterocycles. The summed E-state index contributed by atoms with van der Waals surface area (Å²) in [5.74, 6) is 1.30. The number of fused-ring (bicyclic) bond motifs is 2. The number of nitrogens with zero attached hydrogens (tertiary/aromatic N) is 2. The molecule has 9 nitrogen and oxygen atoms in total. The number of oxazole rings is 1. The molecule has 1 saturated heterocycles. The summed E-state index contributed by atoms with van der Waals surface area (Å²) in [7, 11) is 1.60. The summed E-state index contributed by atoms with van der Waals surface area (Å²) >= 11 is 0. The highest BCUT2D eigenvalue weighted by atomic mass is 16.5. The van der Waals surface area contributed by atoms with E-state index in [0.29, 0.717) is 66.9 Å². The van der Waals surface area contributed by atoms with Crippen molar-refractivity contribution in [3.8, 4) is 22.8 Å². The lowest BCUT2D eigenvalue weighted by molar-refractivity contribution is 0.184. The number of pyridine rings is 1. The molecule has 1 aromatic carbocycles. The number of carbonyl (C=O) groups excluding carboxylic acids is 1. The first-order chi connectivity index (χ1) is 14.1. The van der Waals surface area contributed by atoms with Gasteiger partial charge in [-0.1, -0.05) is 0 Å². The first-order valence-corrected chi connectivity index (χ1v) is 9.43. The number of phenols is 1. The fourth-order valence-corrected chi connectivity index (χ4v) is 3.82. The van der Waals surface area contributed by atoms with Crippen LogP contribution in [0.25, 0.3) is 22.5 Å². The van der Waals surface area contributed by atoms with Crippen molar-refractivity contribution in [1.29, 1.82) is 0 Å². The molecule has 0 spiro atoms. The van der Waals surface area contributed by atoms with E-state index in [1.54, 1.807) is 19.2 Å². The number of nitrogens with one attached hydrogen (secondary N) is 2. The minimum Gasteiger partial charge on any atom is -0.507 e. The Morgan fingerprint density at radius 1 is 1.28 bits per heavy atom. The summed E-state index contributed by atoms with van der Waals surface area (Å²) in [6.07, 6.45) is 0.651. The van der Waals surface area contributed by atoms with Crippen molar-refractivity contribution in [2.24, 2.45) is 0 Å². The van der Waals surface area contributed by atoms with E-state index < -0.39 is 0 Å². The van der Waals surface area contributed by atoms with E-state index in [0.717, 1.165) is 11.1 Å². The zero-order chi connectivity index (χ0) is 20.0. The number of phenolic OH excluding ortho intramolecular Hbond substituents is 1. The lowest BCUT2D eigenvalue weighted by atomic mass is 9.98. The molecule has 3 aromatic rings. The summed E-state index contributed by atoms with van der Waals surface area (Å²) in [6.45, 7) is 1.77. The summed E-state index contributed by atoms with van der Waals surface area (Å²) < 4.78 is 16.8. The molecule has 0 atom stereocenters. The van der Waals surface area contributed by atoms with Crippen LogP contribution in [0.15, 0.2) is 22.6 Å². The molecule has 2 aliphatic rings. The molecular formula is C20H20N4O5. The minimum absolute atomic E-state index is 0.0695. The number of carbonyl (C=O) groups is 1. The van der Waals surface area contributed by atoms with E-state index in [2.05, 4.69) is 20.6 Å². The number of aromatic hydroxyl groups is 1. The van der Waals surface area contributed by atoms with Crippen LogP contribution in [0.2, 0.25) is 0 Å². The second-order valence-electron chi connectivity index (χ2n) is 7.13. The number of amides is 2. The second kappa shape index (κ2) is 6.93. The van der Waals surface area contributed by atoms with Gasteiger partial charge in [0.2, 0.25) is 5.89 Å². The van der Waals surface area contributed by atoms with Gasteiger partial charge < -0.3 is 29.6 Å². The Balaban J connectivity index is 1.56. The van der Waals surface area contributed by atoms with Gasteiger partial charge in [-0.3, -0.25) is 0 Å². The van der Waals surface area contributed by atoms with Gasteiger partial charge in [-0.05, 0) is 23.8 Å². The van der Waals surface area contributed by atoms with Gasteiger partial charge >= 0.3 is 6.03 Å². The summed E-state index contributed by atoms with van der Waals surface area (Å²) in [4.78, 5) is 20.4. The Morgan fingerprint density at radius 2 is 2.10 bits per heavy atom. The van der Waals surface area contributed by atoms with Gasteiger partial charge in [0.15, 0.2) is 11.2 Å². The molecule has 2 aliphatic heterocycles. The van der Waals surface area contributed by atoms with Gasteiger partial charge in [-0.2, -0.15) is 4.98 Å². The fourth-order valence-electron chi connectivity index (χ4n) is 3.82.